The number of nitrogens with zero attached hydrogens (tertiary/aromatic N) is 1. The molecule has 0 fully saturated rings. The summed E-state index contributed by atoms with van der Waals surface area (Å²) in [6, 6.07) is 8.72. The molecule has 1 aromatic heterocycles. The summed E-state index contributed by atoms with van der Waals surface area (Å²) in [6.45, 7) is 5.93. The van der Waals surface area contributed by atoms with Crippen LogP contribution < -0.4 is 10.2 Å². The molecule has 102 valence electrons. The second-order valence-corrected chi connectivity index (χ2v) is 4.66. The van der Waals surface area contributed by atoms with Gasteiger partial charge >= 0.3 is 0 Å². The normalized spacial score (nSPS) is 12.3. The second kappa shape index (κ2) is 5.34. The first kappa shape index (κ1) is 13.5. The number of nitrogens with one attached hydrogen (secondary N) is 1. The SMILES string of the molecule is COc1cccc(F)c1C(C)Nn1c(C)ccc1C. The van der Waals surface area contributed by atoms with Gasteiger partial charge < -0.3 is 10.2 Å². The largest absolute Gasteiger partial charge is 0.496 e. The number of halogens is 1. The van der Waals surface area contributed by atoms with Crippen molar-refractivity contribution in [3.05, 3.63) is 53.1 Å². The van der Waals surface area contributed by atoms with Gasteiger partial charge in [-0.2, -0.15) is 0 Å². The molecule has 0 bridgehead atoms. The fourth-order valence-corrected chi connectivity index (χ4v) is 2.25. The molecule has 0 amide bonds. The van der Waals surface area contributed by atoms with Gasteiger partial charge in [0.2, 0.25) is 0 Å². The van der Waals surface area contributed by atoms with Crippen molar-refractivity contribution in [3.8, 4) is 5.75 Å². The van der Waals surface area contributed by atoms with Gasteiger partial charge in [0, 0.05) is 11.4 Å². The molecule has 1 aromatic carbocycles. The van der Waals surface area contributed by atoms with Gasteiger partial charge in [-0.25, -0.2) is 4.39 Å². The summed E-state index contributed by atoms with van der Waals surface area (Å²) < 4.78 is 21.2. The van der Waals surface area contributed by atoms with Crippen LogP contribution in [0.2, 0.25) is 0 Å². The van der Waals surface area contributed by atoms with Crippen molar-refractivity contribution < 1.29 is 9.13 Å². The number of ether oxygens (including phenoxy) is 1. The first-order valence-corrected chi connectivity index (χ1v) is 6.28. The molecule has 19 heavy (non-hydrogen) atoms. The molecule has 1 unspecified atom stereocenters. The van der Waals surface area contributed by atoms with Gasteiger partial charge in [0.25, 0.3) is 0 Å². The van der Waals surface area contributed by atoms with Crippen molar-refractivity contribution in [2.75, 3.05) is 12.5 Å². The summed E-state index contributed by atoms with van der Waals surface area (Å²) in [5.74, 6) is 0.296. The second-order valence-electron chi connectivity index (χ2n) is 4.66. The standard InChI is InChI=1S/C15H19FN2O/c1-10-8-9-11(2)18(10)17-12(3)15-13(16)6-5-7-14(15)19-4/h5-9,12,17H,1-4H3. The number of aromatic nitrogens is 1. The number of methoxy groups -OCH3 is 1. The molecule has 1 N–H and O–H groups in total. The Hall–Kier alpha value is -1.97. The third-order valence-electron chi connectivity index (χ3n) is 3.26. The summed E-state index contributed by atoms with van der Waals surface area (Å²) in [6.07, 6.45) is 0. The lowest BCUT2D eigenvalue weighted by Gasteiger charge is -2.22. The molecule has 2 aromatic rings. The van der Waals surface area contributed by atoms with Crippen LogP contribution in [-0.4, -0.2) is 11.8 Å². The van der Waals surface area contributed by atoms with E-state index in [0.717, 1.165) is 11.4 Å². The minimum atomic E-state index is -0.262. The van der Waals surface area contributed by atoms with Gasteiger partial charge in [-0.1, -0.05) is 6.07 Å². The van der Waals surface area contributed by atoms with Crippen LogP contribution in [0.3, 0.4) is 0 Å². The highest BCUT2D eigenvalue weighted by Gasteiger charge is 2.17. The summed E-state index contributed by atoms with van der Waals surface area (Å²) >= 11 is 0. The Labute approximate surface area is 113 Å². The number of aryl methyl sites for hydroxylation is 2. The Morgan fingerprint density at radius 1 is 1.16 bits per heavy atom. The van der Waals surface area contributed by atoms with Crippen LogP contribution in [0.1, 0.15) is 29.9 Å². The van der Waals surface area contributed by atoms with E-state index in [1.165, 1.54) is 6.07 Å². The Morgan fingerprint density at radius 3 is 2.37 bits per heavy atom. The molecule has 0 spiro atoms. The van der Waals surface area contributed by atoms with Crippen molar-refractivity contribution >= 4 is 0 Å². The van der Waals surface area contributed by atoms with Gasteiger partial charge in [0.05, 0.1) is 18.7 Å². The molecule has 4 heteroatoms. The molecular weight excluding hydrogens is 243 g/mol. The zero-order valence-electron chi connectivity index (χ0n) is 11.7. The molecule has 2 rings (SSSR count). The minimum Gasteiger partial charge on any atom is -0.496 e. The number of hydrogen-bond acceptors (Lipinski definition) is 2. The first-order valence-electron chi connectivity index (χ1n) is 6.28. The van der Waals surface area contributed by atoms with Gasteiger partial charge in [0.15, 0.2) is 0 Å². The van der Waals surface area contributed by atoms with E-state index < -0.39 is 0 Å². The minimum absolute atomic E-state index is 0.194. The molecule has 0 aliphatic carbocycles. The third kappa shape index (κ3) is 2.57. The highest BCUT2D eigenvalue weighted by atomic mass is 19.1. The molecule has 3 nitrogen and oxygen atoms in total. The zero-order chi connectivity index (χ0) is 14.0. The Balaban J connectivity index is 2.33. The Morgan fingerprint density at radius 2 is 1.79 bits per heavy atom. The summed E-state index contributed by atoms with van der Waals surface area (Å²) in [7, 11) is 1.55. The maximum Gasteiger partial charge on any atom is 0.132 e. The van der Waals surface area contributed by atoms with Gasteiger partial charge in [0.1, 0.15) is 11.6 Å². The highest BCUT2D eigenvalue weighted by Crippen LogP contribution is 2.28. The number of benzene rings is 1. The Bertz CT molecular complexity index is 558. The van der Waals surface area contributed by atoms with Crippen LogP contribution in [0.25, 0.3) is 0 Å². The van der Waals surface area contributed by atoms with Crippen molar-refractivity contribution in [2.24, 2.45) is 0 Å². The zero-order valence-corrected chi connectivity index (χ0v) is 11.7. The molecule has 0 aliphatic heterocycles. The van der Waals surface area contributed by atoms with E-state index in [4.69, 9.17) is 4.74 Å². The van der Waals surface area contributed by atoms with Gasteiger partial charge in [-0.15, -0.1) is 0 Å². The molecular formula is C15H19FN2O. The number of rotatable bonds is 4. The van der Waals surface area contributed by atoms with E-state index >= 15 is 0 Å². The summed E-state index contributed by atoms with van der Waals surface area (Å²) in [5, 5.41) is 0. The molecule has 1 atom stereocenters. The van der Waals surface area contributed by atoms with Gasteiger partial charge in [-0.3, -0.25) is 4.68 Å². The molecule has 0 saturated heterocycles. The lowest BCUT2D eigenvalue weighted by atomic mass is 10.1. The molecule has 0 radical (unpaired) electrons. The van der Waals surface area contributed by atoms with Crippen LogP contribution in [0.5, 0.6) is 5.75 Å². The first-order chi connectivity index (χ1) is 9.04. The smallest absolute Gasteiger partial charge is 0.132 e. The topological polar surface area (TPSA) is 26.2 Å². The van der Waals surface area contributed by atoms with Crippen LogP contribution in [0, 0.1) is 19.7 Å². The Kier molecular flexibility index (Phi) is 3.79. The highest BCUT2D eigenvalue weighted by molar-refractivity contribution is 5.38. The maximum absolute atomic E-state index is 14.0. The summed E-state index contributed by atoms with van der Waals surface area (Å²) in [5.41, 5.74) is 5.99. The van der Waals surface area contributed by atoms with E-state index in [1.807, 2.05) is 37.6 Å². The van der Waals surface area contributed by atoms with Crippen molar-refractivity contribution in [1.29, 1.82) is 0 Å². The third-order valence-corrected chi connectivity index (χ3v) is 3.26. The van der Waals surface area contributed by atoms with E-state index in [-0.39, 0.29) is 11.9 Å². The van der Waals surface area contributed by atoms with Crippen molar-refractivity contribution in [2.45, 2.75) is 26.8 Å². The molecule has 0 saturated carbocycles. The van der Waals surface area contributed by atoms with E-state index in [2.05, 4.69) is 5.43 Å². The van der Waals surface area contributed by atoms with E-state index in [9.17, 15) is 4.39 Å². The predicted octanol–water partition coefficient (Wildman–Crippen LogP) is 3.56. The van der Waals surface area contributed by atoms with Crippen molar-refractivity contribution in [3.63, 3.8) is 0 Å². The van der Waals surface area contributed by atoms with Crippen LogP contribution in [0.4, 0.5) is 4.39 Å². The lowest BCUT2D eigenvalue weighted by molar-refractivity contribution is 0.400. The van der Waals surface area contributed by atoms with Gasteiger partial charge in [-0.05, 0) is 45.0 Å². The lowest BCUT2D eigenvalue weighted by Crippen LogP contribution is -2.22. The summed E-state index contributed by atoms with van der Waals surface area (Å²) in [4.78, 5) is 0. The molecule has 1 heterocycles. The van der Waals surface area contributed by atoms with Crippen LogP contribution in [0.15, 0.2) is 30.3 Å². The van der Waals surface area contributed by atoms with Crippen LogP contribution >= 0.6 is 0 Å². The average molecular weight is 262 g/mol. The quantitative estimate of drug-likeness (QED) is 0.911. The van der Waals surface area contributed by atoms with E-state index in [0.29, 0.717) is 11.3 Å². The average Bonchev–Trinajstić information content (AvgIpc) is 2.70. The number of hydrogen-bond donors (Lipinski definition) is 1. The monoisotopic (exact) mass is 262 g/mol. The fourth-order valence-electron chi connectivity index (χ4n) is 2.25. The van der Waals surface area contributed by atoms with Crippen molar-refractivity contribution in [1.82, 2.24) is 4.68 Å². The van der Waals surface area contributed by atoms with E-state index in [1.54, 1.807) is 19.2 Å². The van der Waals surface area contributed by atoms with Crippen LogP contribution in [-0.2, 0) is 0 Å². The maximum atomic E-state index is 14.0. The fraction of sp³-hybridized carbons (Fsp3) is 0.333. The molecule has 0 aliphatic rings. The predicted molar refractivity (Wildman–Crippen MR) is 74.6 cm³/mol.